The normalized spacial score (nSPS) is 14.7. The highest BCUT2D eigenvalue weighted by atomic mass is 35.5. The first-order chi connectivity index (χ1) is 14.6. The fraction of sp³-hybridized carbons (Fsp3) is 0.269. The first-order valence-electron chi connectivity index (χ1n) is 10.6. The molecule has 0 atom stereocenters. The monoisotopic (exact) mass is 418 g/mol. The Kier molecular flexibility index (Phi) is 6.39. The molecule has 0 aromatic heterocycles. The van der Waals surface area contributed by atoms with Crippen molar-refractivity contribution in [3.05, 3.63) is 95.0 Å². The van der Waals surface area contributed by atoms with Crippen LogP contribution in [0.2, 0.25) is 5.02 Å². The van der Waals surface area contributed by atoms with E-state index >= 15 is 0 Å². The molecule has 3 nitrogen and oxygen atoms in total. The fourth-order valence-corrected chi connectivity index (χ4v) is 4.39. The molecule has 4 rings (SSSR count). The molecule has 1 aliphatic heterocycles. The number of hydrogen-bond donors (Lipinski definition) is 1. The lowest BCUT2D eigenvalue weighted by Crippen LogP contribution is -2.32. The number of nitrogens with one attached hydrogen (secondary N) is 1. The second kappa shape index (κ2) is 9.36. The van der Waals surface area contributed by atoms with E-state index < -0.39 is 0 Å². The van der Waals surface area contributed by atoms with E-state index in [9.17, 15) is 4.79 Å². The number of carbonyl (C=O) groups excluding carboxylic acids is 1. The van der Waals surface area contributed by atoms with Gasteiger partial charge in [0.05, 0.1) is 16.6 Å². The van der Waals surface area contributed by atoms with Crippen LogP contribution in [0.25, 0.3) is 0 Å². The van der Waals surface area contributed by atoms with Crippen molar-refractivity contribution >= 4 is 28.9 Å². The maximum Gasteiger partial charge on any atom is 0.236 e. The van der Waals surface area contributed by atoms with E-state index in [1.807, 2.05) is 78.9 Å². The van der Waals surface area contributed by atoms with Gasteiger partial charge in [0.1, 0.15) is 0 Å². The third kappa shape index (κ3) is 4.68. The van der Waals surface area contributed by atoms with E-state index in [0.29, 0.717) is 5.02 Å². The Balaban J connectivity index is 1.55. The van der Waals surface area contributed by atoms with Crippen molar-refractivity contribution in [3.8, 4) is 0 Å². The largest absolute Gasteiger partial charge is 0.370 e. The summed E-state index contributed by atoms with van der Waals surface area (Å²) in [7, 11) is 0. The number of amides is 1. The molecule has 154 valence electrons. The second-order valence-electron chi connectivity index (χ2n) is 8.08. The molecule has 0 aliphatic carbocycles. The van der Waals surface area contributed by atoms with Gasteiger partial charge in [0.25, 0.3) is 0 Å². The number of piperidine rings is 1. The van der Waals surface area contributed by atoms with Gasteiger partial charge in [0.2, 0.25) is 5.91 Å². The van der Waals surface area contributed by atoms with Crippen molar-refractivity contribution in [2.45, 2.75) is 25.7 Å². The number of hydrogen-bond acceptors (Lipinski definition) is 2. The Bertz CT molecular complexity index is 943. The Morgan fingerprint density at radius 2 is 1.50 bits per heavy atom. The van der Waals surface area contributed by atoms with E-state index in [0.717, 1.165) is 41.5 Å². The molecule has 1 heterocycles. The van der Waals surface area contributed by atoms with Gasteiger partial charge in [0.15, 0.2) is 0 Å². The summed E-state index contributed by atoms with van der Waals surface area (Å²) in [5.41, 5.74) is 3.69. The van der Waals surface area contributed by atoms with Crippen LogP contribution in [0.1, 0.15) is 36.8 Å². The van der Waals surface area contributed by atoms with E-state index in [4.69, 9.17) is 11.6 Å². The standard InChI is InChI=1S/C26H27ClN2O/c1-19-14-16-29(17-15-19)24-13-12-22(18-23(24)27)28-26(30)25(20-8-4-2-5-9-20)21-10-6-3-7-11-21/h2-13,18-19,25H,14-17H2,1H3,(H,28,30). The van der Waals surface area contributed by atoms with Gasteiger partial charge in [-0.2, -0.15) is 0 Å². The smallest absolute Gasteiger partial charge is 0.236 e. The Hall–Kier alpha value is -2.78. The number of nitrogens with zero attached hydrogens (tertiary/aromatic N) is 1. The van der Waals surface area contributed by atoms with E-state index in [-0.39, 0.29) is 11.8 Å². The van der Waals surface area contributed by atoms with Gasteiger partial charge in [0, 0.05) is 18.8 Å². The molecule has 0 saturated carbocycles. The highest BCUT2D eigenvalue weighted by Gasteiger charge is 2.23. The lowest BCUT2D eigenvalue weighted by molar-refractivity contribution is -0.116. The molecule has 0 unspecified atom stereocenters. The van der Waals surface area contributed by atoms with Crippen molar-refractivity contribution in [2.75, 3.05) is 23.3 Å². The maximum absolute atomic E-state index is 13.3. The van der Waals surface area contributed by atoms with Crippen molar-refractivity contribution in [2.24, 2.45) is 5.92 Å². The summed E-state index contributed by atoms with van der Waals surface area (Å²) < 4.78 is 0. The molecular weight excluding hydrogens is 392 g/mol. The molecule has 4 heteroatoms. The first-order valence-corrected chi connectivity index (χ1v) is 10.9. The second-order valence-corrected chi connectivity index (χ2v) is 8.49. The van der Waals surface area contributed by atoms with E-state index in [2.05, 4.69) is 17.1 Å². The molecule has 1 fully saturated rings. The minimum atomic E-state index is -0.380. The topological polar surface area (TPSA) is 32.3 Å². The molecule has 0 bridgehead atoms. The third-order valence-corrected chi connectivity index (χ3v) is 6.17. The van der Waals surface area contributed by atoms with Crippen LogP contribution in [0, 0.1) is 5.92 Å². The number of carbonyl (C=O) groups is 1. The molecule has 1 aliphatic rings. The molecule has 0 radical (unpaired) electrons. The average Bonchev–Trinajstić information content (AvgIpc) is 2.76. The minimum Gasteiger partial charge on any atom is -0.370 e. The summed E-state index contributed by atoms with van der Waals surface area (Å²) >= 11 is 6.60. The van der Waals surface area contributed by atoms with Crippen molar-refractivity contribution < 1.29 is 4.79 Å². The molecular formula is C26H27ClN2O. The van der Waals surface area contributed by atoms with Gasteiger partial charge in [-0.1, -0.05) is 79.2 Å². The Morgan fingerprint density at radius 1 is 0.933 bits per heavy atom. The number of anilines is 2. The van der Waals surface area contributed by atoms with Crippen LogP contribution in [0.3, 0.4) is 0 Å². The predicted octanol–water partition coefficient (Wildman–Crippen LogP) is 6.35. The number of benzene rings is 3. The summed E-state index contributed by atoms with van der Waals surface area (Å²) in [5.74, 6) is 0.323. The zero-order chi connectivity index (χ0) is 20.9. The summed E-state index contributed by atoms with van der Waals surface area (Å²) in [4.78, 5) is 15.6. The first kappa shape index (κ1) is 20.5. The predicted molar refractivity (Wildman–Crippen MR) is 125 cm³/mol. The summed E-state index contributed by atoms with van der Waals surface area (Å²) in [6, 6.07) is 25.6. The van der Waals surface area contributed by atoms with Crippen molar-refractivity contribution in [1.82, 2.24) is 0 Å². The number of halogens is 1. The van der Waals surface area contributed by atoms with Crippen LogP contribution in [-0.4, -0.2) is 19.0 Å². The zero-order valence-corrected chi connectivity index (χ0v) is 18.0. The molecule has 3 aromatic carbocycles. The molecule has 3 aromatic rings. The zero-order valence-electron chi connectivity index (χ0n) is 17.2. The lowest BCUT2D eigenvalue weighted by Gasteiger charge is -2.32. The van der Waals surface area contributed by atoms with Crippen LogP contribution in [0.5, 0.6) is 0 Å². The van der Waals surface area contributed by atoms with E-state index in [1.54, 1.807) is 0 Å². The Labute approximate surface area is 183 Å². The van der Waals surface area contributed by atoms with Crippen LogP contribution >= 0.6 is 11.6 Å². The SMILES string of the molecule is CC1CCN(c2ccc(NC(=O)C(c3ccccc3)c3ccccc3)cc2Cl)CC1. The quantitative estimate of drug-likeness (QED) is 0.523. The lowest BCUT2D eigenvalue weighted by atomic mass is 9.90. The third-order valence-electron chi connectivity index (χ3n) is 5.87. The summed E-state index contributed by atoms with van der Waals surface area (Å²) in [6.45, 7) is 4.35. The number of rotatable bonds is 5. The minimum absolute atomic E-state index is 0.0667. The van der Waals surface area contributed by atoms with Crippen LogP contribution < -0.4 is 10.2 Å². The summed E-state index contributed by atoms with van der Waals surface area (Å²) in [6.07, 6.45) is 2.37. The summed E-state index contributed by atoms with van der Waals surface area (Å²) in [5, 5.41) is 3.75. The maximum atomic E-state index is 13.3. The fourth-order valence-electron chi connectivity index (χ4n) is 4.09. The van der Waals surface area contributed by atoms with Gasteiger partial charge in [-0.25, -0.2) is 0 Å². The van der Waals surface area contributed by atoms with Crippen LogP contribution in [0.4, 0.5) is 11.4 Å². The van der Waals surface area contributed by atoms with Gasteiger partial charge in [-0.05, 0) is 48.1 Å². The highest BCUT2D eigenvalue weighted by molar-refractivity contribution is 6.33. The van der Waals surface area contributed by atoms with Crippen molar-refractivity contribution in [1.29, 1.82) is 0 Å². The highest BCUT2D eigenvalue weighted by Crippen LogP contribution is 2.33. The Morgan fingerprint density at radius 3 is 2.03 bits per heavy atom. The van der Waals surface area contributed by atoms with Gasteiger partial charge >= 0.3 is 0 Å². The van der Waals surface area contributed by atoms with E-state index in [1.165, 1.54) is 12.8 Å². The van der Waals surface area contributed by atoms with Gasteiger partial charge in [-0.15, -0.1) is 0 Å². The average molecular weight is 419 g/mol. The molecule has 1 N–H and O–H groups in total. The molecule has 1 amide bonds. The molecule has 0 spiro atoms. The van der Waals surface area contributed by atoms with Crippen LogP contribution in [-0.2, 0) is 4.79 Å². The van der Waals surface area contributed by atoms with Crippen molar-refractivity contribution in [3.63, 3.8) is 0 Å². The molecule has 30 heavy (non-hydrogen) atoms. The van der Waals surface area contributed by atoms with Crippen LogP contribution in [0.15, 0.2) is 78.9 Å². The van der Waals surface area contributed by atoms with Gasteiger partial charge in [-0.3, -0.25) is 4.79 Å². The molecule has 1 saturated heterocycles. The van der Waals surface area contributed by atoms with Gasteiger partial charge < -0.3 is 10.2 Å².